The van der Waals surface area contributed by atoms with Gasteiger partial charge < -0.3 is 19.2 Å². The maximum absolute atomic E-state index is 8.00. The van der Waals surface area contributed by atoms with Crippen LogP contribution in [0.2, 0.25) is 0 Å². The Morgan fingerprint density at radius 2 is 0.615 bits per heavy atom. The third kappa shape index (κ3) is 17300. The first-order chi connectivity index (χ1) is 5.73. The molecule has 0 bridgehead atoms. The summed E-state index contributed by atoms with van der Waals surface area (Å²) < 4.78 is 0. The van der Waals surface area contributed by atoms with Crippen LogP contribution in [-0.2, 0) is 36.0 Å². The summed E-state index contributed by atoms with van der Waals surface area (Å²) in [5, 5.41) is 0. The molecule has 0 amide bonds. The number of carbonyl (C=O) groups excluding carboxylic acids is 4. The second-order valence-electron chi connectivity index (χ2n) is 0.247. The quantitative estimate of drug-likeness (QED) is 0.487. The topological polar surface area (TPSA) is 68.3 Å². The Balaban J connectivity index is -0.0000000122. The number of halogens is 3. The third-order valence-corrected chi connectivity index (χ3v) is 0. The van der Waals surface area contributed by atoms with Gasteiger partial charge in [0.2, 0.25) is 0 Å². The zero-order valence-electron chi connectivity index (χ0n) is 6.51. The van der Waals surface area contributed by atoms with Crippen molar-refractivity contribution in [2.75, 3.05) is 0 Å². The van der Waals surface area contributed by atoms with Gasteiger partial charge in [0, 0.05) is 16.8 Å². The molecule has 0 aromatic heterocycles. The van der Waals surface area contributed by atoms with Gasteiger partial charge in [-0.3, -0.25) is 0 Å². The summed E-state index contributed by atoms with van der Waals surface area (Å²) in [5.74, 6) is 0. The average molecular weight is 314 g/mol. The predicted octanol–water partition coefficient (Wildman–Crippen LogP) is 0.678. The Hall–Kier alpha value is 0.273. The summed E-state index contributed by atoms with van der Waals surface area (Å²) >= 11 is 14.8. The summed E-state index contributed by atoms with van der Waals surface area (Å²) in [6, 6.07) is 0. The van der Waals surface area contributed by atoms with Gasteiger partial charge in [-0.1, -0.05) is 0 Å². The summed E-state index contributed by atoms with van der Waals surface area (Å²) in [7, 11) is 0. The SMILES string of the molecule is C=O.C=O.C=O.C=O.Cl[SiH](Cl)Cl.[Co]. The van der Waals surface area contributed by atoms with Crippen LogP contribution in [0, 0.1) is 0 Å². The van der Waals surface area contributed by atoms with E-state index in [9.17, 15) is 0 Å². The van der Waals surface area contributed by atoms with Crippen molar-refractivity contribution in [3.63, 3.8) is 0 Å². The van der Waals surface area contributed by atoms with Crippen LogP contribution in [-0.4, -0.2) is 33.9 Å². The Labute approximate surface area is 103 Å². The second-order valence-corrected chi connectivity index (χ2v) is 6.68. The molecule has 0 spiro atoms. The van der Waals surface area contributed by atoms with Crippen LogP contribution in [0.3, 0.4) is 0 Å². The summed E-state index contributed by atoms with van der Waals surface area (Å²) in [6.45, 7) is 6.28. The van der Waals surface area contributed by atoms with E-state index in [0.717, 1.165) is 0 Å². The van der Waals surface area contributed by atoms with Gasteiger partial charge in [-0.05, 0) is 0 Å². The minimum Gasteiger partial charge on any atom is -0.307 e. The Kier molecular flexibility index (Phi) is 423. The molecule has 0 aliphatic rings. The smallest absolute Gasteiger partial charge is 0.307 e. The monoisotopic (exact) mass is 313 g/mol. The van der Waals surface area contributed by atoms with Crippen LogP contribution in [0.4, 0.5) is 0 Å². The molecule has 0 aromatic carbocycles. The minimum absolute atomic E-state index is 0. The van der Waals surface area contributed by atoms with Crippen molar-refractivity contribution in [3.05, 3.63) is 0 Å². The van der Waals surface area contributed by atoms with E-state index in [1.807, 2.05) is 27.2 Å². The van der Waals surface area contributed by atoms with Gasteiger partial charge in [0.1, 0.15) is 27.2 Å². The fourth-order valence-electron chi connectivity index (χ4n) is 0. The van der Waals surface area contributed by atoms with Gasteiger partial charge in [0.25, 0.3) is 0 Å². The fourth-order valence-corrected chi connectivity index (χ4v) is 0. The van der Waals surface area contributed by atoms with Crippen LogP contribution in [0.25, 0.3) is 0 Å². The number of carbonyl (C=O) groups is 4. The van der Waals surface area contributed by atoms with Crippen LogP contribution in [0.5, 0.6) is 0 Å². The number of hydrogen-bond acceptors (Lipinski definition) is 4. The molecule has 0 unspecified atom stereocenters. The molecule has 1 radical (unpaired) electrons. The van der Waals surface area contributed by atoms with Crippen LogP contribution >= 0.6 is 33.2 Å². The van der Waals surface area contributed by atoms with E-state index < -0.39 is 6.73 Å². The van der Waals surface area contributed by atoms with Crippen molar-refractivity contribution in [2.24, 2.45) is 0 Å². The van der Waals surface area contributed by atoms with Crippen LogP contribution in [0.15, 0.2) is 0 Å². The van der Waals surface area contributed by atoms with Crippen molar-refractivity contribution < 1.29 is 36.0 Å². The van der Waals surface area contributed by atoms with Crippen molar-refractivity contribution in [2.45, 2.75) is 0 Å². The zero-order chi connectivity index (χ0) is 11.6. The van der Waals surface area contributed by atoms with Gasteiger partial charge in [0.05, 0.1) is 0 Å². The molecule has 0 fully saturated rings. The standard InChI is InChI=1S/4CH2O.Cl3HSi.Co/c4*1-2;1-4(2)3;/h4*1H2;4H;. The number of rotatable bonds is 0. The molecule has 0 saturated carbocycles. The normalized spacial score (nSPS) is 4.00. The molecule has 0 aliphatic carbocycles. The molecule has 0 saturated heterocycles. The molecular formula is C4H9Cl3CoO4Si. The zero-order valence-corrected chi connectivity index (χ0v) is 11.0. The molecule has 0 aromatic rings. The molecule has 0 N–H and O–H groups in total. The van der Waals surface area contributed by atoms with E-state index in [4.69, 9.17) is 52.4 Å². The fraction of sp³-hybridized carbons (Fsp3) is 0. The molecule has 0 aliphatic heterocycles. The van der Waals surface area contributed by atoms with E-state index in [1.54, 1.807) is 0 Å². The van der Waals surface area contributed by atoms with Gasteiger partial charge in [-0.2, -0.15) is 0 Å². The molecule has 0 heterocycles. The van der Waals surface area contributed by atoms with Crippen LogP contribution in [0.1, 0.15) is 0 Å². The van der Waals surface area contributed by atoms with E-state index in [-0.39, 0.29) is 16.8 Å². The van der Waals surface area contributed by atoms with Gasteiger partial charge in [-0.25, -0.2) is 0 Å². The van der Waals surface area contributed by atoms with Crippen molar-refractivity contribution >= 4 is 67.1 Å². The average Bonchev–Trinajstić information content (AvgIpc) is 2.16. The molecule has 13 heavy (non-hydrogen) atoms. The van der Waals surface area contributed by atoms with Crippen molar-refractivity contribution in [3.8, 4) is 0 Å². The Morgan fingerprint density at radius 1 is 0.615 bits per heavy atom. The first kappa shape index (κ1) is 37.8. The second kappa shape index (κ2) is 146. The number of hydrogen-bond donors (Lipinski definition) is 0. The van der Waals surface area contributed by atoms with Crippen LogP contribution < -0.4 is 0 Å². The molecule has 0 rings (SSSR count). The van der Waals surface area contributed by atoms with E-state index in [0.29, 0.717) is 0 Å². The molecule has 9 heteroatoms. The molecular weight excluding hydrogens is 305 g/mol. The Morgan fingerprint density at radius 3 is 0.615 bits per heavy atom. The summed E-state index contributed by atoms with van der Waals surface area (Å²) in [6.07, 6.45) is 0. The largest absolute Gasteiger partial charge is 0.326 e. The van der Waals surface area contributed by atoms with Crippen molar-refractivity contribution in [1.29, 1.82) is 0 Å². The first-order valence-corrected chi connectivity index (χ1v) is 7.05. The van der Waals surface area contributed by atoms with E-state index in [2.05, 4.69) is 0 Å². The van der Waals surface area contributed by atoms with Gasteiger partial charge >= 0.3 is 6.73 Å². The molecule has 83 valence electrons. The van der Waals surface area contributed by atoms with Gasteiger partial charge in [-0.15, -0.1) is 33.2 Å². The van der Waals surface area contributed by atoms with Gasteiger partial charge in [0.15, 0.2) is 0 Å². The summed E-state index contributed by atoms with van der Waals surface area (Å²) in [4.78, 5) is 32.0. The summed E-state index contributed by atoms with van der Waals surface area (Å²) in [5.41, 5.74) is 0. The first-order valence-electron chi connectivity index (χ1n) is 1.81. The van der Waals surface area contributed by atoms with Crippen molar-refractivity contribution in [1.82, 2.24) is 0 Å². The molecule has 4 nitrogen and oxygen atoms in total. The molecule has 0 atom stereocenters. The third-order valence-electron chi connectivity index (χ3n) is 0. The maximum Gasteiger partial charge on any atom is 0.326 e. The van der Waals surface area contributed by atoms with E-state index in [1.165, 1.54) is 0 Å². The maximum atomic E-state index is 8.00. The Bertz CT molecular complexity index is 53.9. The van der Waals surface area contributed by atoms with E-state index >= 15 is 0 Å². The predicted molar refractivity (Wildman–Crippen MR) is 53.2 cm³/mol. The minimum atomic E-state index is -1.72.